The smallest absolute Gasteiger partial charge is 0.254 e. The van der Waals surface area contributed by atoms with E-state index in [1.54, 1.807) is 6.20 Å². The molecule has 2 unspecified atom stereocenters. The fraction of sp³-hybridized carbons (Fsp3) is 0.750. The first-order valence-electron chi connectivity index (χ1n) is 7.93. The number of hydrogen-bond acceptors (Lipinski definition) is 3. The molecule has 0 radical (unpaired) electrons. The maximum atomic E-state index is 12.6. The van der Waals surface area contributed by atoms with Crippen molar-refractivity contribution in [3.63, 3.8) is 0 Å². The summed E-state index contributed by atoms with van der Waals surface area (Å²) >= 11 is 0. The van der Waals surface area contributed by atoms with E-state index >= 15 is 0 Å². The van der Waals surface area contributed by atoms with Crippen LogP contribution in [-0.2, 0) is 12.0 Å². The lowest BCUT2D eigenvalue weighted by molar-refractivity contribution is 0.0913. The molecule has 0 bridgehead atoms. The molecule has 0 saturated carbocycles. The zero-order valence-corrected chi connectivity index (χ0v) is 13.9. The molecule has 2 N–H and O–H groups in total. The van der Waals surface area contributed by atoms with Crippen LogP contribution < -0.4 is 10.6 Å². The van der Waals surface area contributed by atoms with Crippen molar-refractivity contribution in [2.75, 3.05) is 13.1 Å². The lowest BCUT2D eigenvalue weighted by atomic mass is 9.95. The maximum absolute atomic E-state index is 12.6. The summed E-state index contributed by atoms with van der Waals surface area (Å²) in [7, 11) is 0. The van der Waals surface area contributed by atoms with E-state index in [-0.39, 0.29) is 17.5 Å². The van der Waals surface area contributed by atoms with E-state index in [4.69, 9.17) is 0 Å². The lowest BCUT2D eigenvalue weighted by Crippen LogP contribution is -2.48. The Morgan fingerprint density at radius 1 is 1.52 bits per heavy atom. The van der Waals surface area contributed by atoms with Gasteiger partial charge in [0.2, 0.25) is 0 Å². The third-order valence-corrected chi connectivity index (χ3v) is 4.19. The number of hydrogen-bond donors (Lipinski definition) is 2. The molecule has 1 amide bonds. The number of carbonyl (C=O) groups excluding carboxylic acids is 1. The number of carbonyl (C=O) groups is 1. The van der Waals surface area contributed by atoms with Crippen molar-refractivity contribution in [1.82, 2.24) is 20.4 Å². The Hall–Kier alpha value is -1.36. The summed E-state index contributed by atoms with van der Waals surface area (Å²) in [6.45, 7) is 12.5. The van der Waals surface area contributed by atoms with Crippen LogP contribution >= 0.6 is 0 Å². The molecule has 1 aromatic rings. The molecule has 2 heterocycles. The van der Waals surface area contributed by atoms with Crippen molar-refractivity contribution >= 4 is 5.91 Å². The number of piperidine rings is 1. The van der Waals surface area contributed by atoms with Gasteiger partial charge in [-0.05, 0) is 52.6 Å². The highest BCUT2D eigenvalue weighted by Gasteiger charge is 2.27. The first-order chi connectivity index (χ1) is 9.84. The van der Waals surface area contributed by atoms with Gasteiger partial charge in [-0.1, -0.05) is 13.8 Å². The molecule has 1 saturated heterocycles. The molecule has 0 spiro atoms. The van der Waals surface area contributed by atoms with E-state index in [0.29, 0.717) is 5.92 Å². The second-order valence-corrected chi connectivity index (χ2v) is 6.99. The van der Waals surface area contributed by atoms with Crippen LogP contribution in [-0.4, -0.2) is 34.8 Å². The molecule has 2 rings (SSSR count). The first kappa shape index (κ1) is 16.0. The molecule has 21 heavy (non-hydrogen) atoms. The minimum absolute atomic E-state index is 0.0149. The average molecular weight is 292 g/mol. The summed E-state index contributed by atoms with van der Waals surface area (Å²) in [5.74, 6) is 0.478. The first-order valence-corrected chi connectivity index (χ1v) is 7.93. The third-order valence-electron chi connectivity index (χ3n) is 4.19. The summed E-state index contributed by atoms with van der Waals surface area (Å²) in [5.41, 5.74) is 1.63. The van der Waals surface area contributed by atoms with Crippen LogP contribution in [0.4, 0.5) is 0 Å². The predicted molar refractivity (Wildman–Crippen MR) is 84.5 cm³/mol. The van der Waals surface area contributed by atoms with Gasteiger partial charge in [-0.3, -0.25) is 9.48 Å². The van der Waals surface area contributed by atoms with E-state index in [2.05, 4.69) is 50.4 Å². The quantitative estimate of drug-likeness (QED) is 0.895. The van der Waals surface area contributed by atoms with Gasteiger partial charge in [0, 0.05) is 6.04 Å². The molecular formula is C16H28N4O. The number of rotatable bonds is 3. The summed E-state index contributed by atoms with van der Waals surface area (Å²) in [6, 6.07) is 0.251. The molecule has 2 atom stereocenters. The van der Waals surface area contributed by atoms with E-state index < -0.39 is 0 Å². The van der Waals surface area contributed by atoms with E-state index in [0.717, 1.165) is 37.2 Å². The highest BCUT2D eigenvalue weighted by Crippen LogP contribution is 2.20. The average Bonchev–Trinajstić information content (AvgIpc) is 2.85. The van der Waals surface area contributed by atoms with Crippen LogP contribution in [0.1, 0.15) is 57.1 Å². The molecule has 118 valence electrons. The summed E-state index contributed by atoms with van der Waals surface area (Å²) < 4.78 is 1.97. The molecule has 1 aliphatic rings. The Bertz CT molecular complexity index is 501. The Morgan fingerprint density at radius 2 is 2.24 bits per heavy atom. The topological polar surface area (TPSA) is 59.0 Å². The number of nitrogens with one attached hydrogen (secondary N) is 2. The van der Waals surface area contributed by atoms with Crippen molar-refractivity contribution in [1.29, 1.82) is 0 Å². The van der Waals surface area contributed by atoms with Crippen LogP contribution in [0.25, 0.3) is 0 Å². The SMILES string of the molecule is CCc1c(C(=O)NC2CCNCC2C)cnn1C(C)(C)C. The van der Waals surface area contributed by atoms with Gasteiger partial charge in [0.25, 0.3) is 5.91 Å². The van der Waals surface area contributed by atoms with Crippen molar-refractivity contribution in [2.24, 2.45) is 5.92 Å². The molecule has 5 nitrogen and oxygen atoms in total. The number of amides is 1. The largest absolute Gasteiger partial charge is 0.349 e. The minimum Gasteiger partial charge on any atom is -0.349 e. The lowest BCUT2D eigenvalue weighted by Gasteiger charge is -2.30. The van der Waals surface area contributed by atoms with Crippen molar-refractivity contribution in [2.45, 2.75) is 59.0 Å². The van der Waals surface area contributed by atoms with Gasteiger partial charge < -0.3 is 10.6 Å². The van der Waals surface area contributed by atoms with E-state index in [9.17, 15) is 4.79 Å². The maximum Gasteiger partial charge on any atom is 0.254 e. The van der Waals surface area contributed by atoms with Crippen LogP contribution in [0.3, 0.4) is 0 Å². The predicted octanol–water partition coefficient (Wildman–Crippen LogP) is 1.93. The van der Waals surface area contributed by atoms with Crippen LogP contribution in [0, 0.1) is 5.92 Å². The van der Waals surface area contributed by atoms with Gasteiger partial charge in [0.05, 0.1) is 23.0 Å². The summed E-state index contributed by atoms with van der Waals surface area (Å²) in [6.07, 6.45) is 3.51. The van der Waals surface area contributed by atoms with Gasteiger partial charge >= 0.3 is 0 Å². The molecule has 0 aliphatic carbocycles. The fourth-order valence-corrected chi connectivity index (χ4v) is 2.96. The van der Waals surface area contributed by atoms with Gasteiger partial charge in [-0.15, -0.1) is 0 Å². The van der Waals surface area contributed by atoms with Crippen LogP contribution in [0.15, 0.2) is 6.20 Å². The Labute approximate surface area is 127 Å². The zero-order chi connectivity index (χ0) is 15.6. The molecular weight excluding hydrogens is 264 g/mol. The van der Waals surface area contributed by atoms with Crippen molar-refractivity contribution in [3.05, 3.63) is 17.5 Å². The Kier molecular flexibility index (Phi) is 4.71. The minimum atomic E-state index is -0.105. The molecule has 1 aromatic heterocycles. The van der Waals surface area contributed by atoms with Crippen LogP contribution in [0.5, 0.6) is 0 Å². The number of aromatic nitrogens is 2. The second-order valence-electron chi connectivity index (χ2n) is 6.99. The van der Waals surface area contributed by atoms with Gasteiger partial charge in [-0.2, -0.15) is 5.10 Å². The highest BCUT2D eigenvalue weighted by molar-refractivity contribution is 5.95. The molecule has 1 aliphatic heterocycles. The second kappa shape index (κ2) is 6.18. The van der Waals surface area contributed by atoms with Crippen molar-refractivity contribution in [3.8, 4) is 0 Å². The van der Waals surface area contributed by atoms with Gasteiger partial charge in [0.1, 0.15) is 0 Å². The molecule has 1 fully saturated rings. The van der Waals surface area contributed by atoms with E-state index in [1.807, 2.05) is 4.68 Å². The summed E-state index contributed by atoms with van der Waals surface area (Å²) in [5, 5.41) is 11.0. The standard InChI is InChI=1S/C16H28N4O/c1-6-14-12(10-18-20(14)16(3,4)5)15(21)19-13-7-8-17-9-11(13)2/h10-11,13,17H,6-9H2,1-5H3,(H,19,21). The monoisotopic (exact) mass is 292 g/mol. The summed E-state index contributed by atoms with van der Waals surface area (Å²) in [4.78, 5) is 12.6. The Balaban J connectivity index is 2.17. The Morgan fingerprint density at radius 3 is 2.81 bits per heavy atom. The van der Waals surface area contributed by atoms with Crippen molar-refractivity contribution < 1.29 is 4.79 Å². The number of nitrogens with zero attached hydrogens (tertiary/aromatic N) is 2. The zero-order valence-electron chi connectivity index (χ0n) is 13.9. The van der Waals surface area contributed by atoms with Crippen LogP contribution in [0.2, 0.25) is 0 Å². The highest BCUT2D eigenvalue weighted by atomic mass is 16.1. The normalized spacial score (nSPS) is 23.1. The van der Waals surface area contributed by atoms with Gasteiger partial charge in [-0.25, -0.2) is 0 Å². The fourth-order valence-electron chi connectivity index (χ4n) is 2.96. The van der Waals surface area contributed by atoms with Gasteiger partial charge in [0.15, 0.2) is 0 Å². The third kappa shape index (κ3) is 3.46. The molecule has 5 heteroatoms. The molecule has 0 aromatic carbocycles. The van der Waals surface area contributed by atoms with E-state index in [1.165, 1.54) is 0 Å².